The van der Waals surface area contributed by atoms with E-state index < -0.39 is 58.9 Å². The molecule has 208 valence electrons. The van der Waals surface area contributed by atoms with Crippen LogP contribution in [0.5, 0.6) is 28.7 Å². The van der Waals surface area contributed by atoms with Crippen molar-refractivity contribution in [2.24, 2.45) is 0 Å². The average molecular weight is 551 g/mol. The van der Waals surface area contributed by atoms with Crippen LogP contribution in [-0.2, 0) is 19.1 Å². The number of esters is 2. The van der Waals surface area contributed by atoms with Gasteiger partial charge in [0.25, 0.3) is 0 Å². The first-order valence-electron chi connectivity index (χ1n) is 11.9. The van der Waals surface area contributed by atoms with Crippen molar-refractivity contribution in [3.63, 3.8) is 0 Å². The highest BCUT2D eigenvalue weighted by molar-refractivity contribution is 5.94. The van der Waals surface area contributed by atoms with Crippen molar-refractivity contribution in [1.82, 2.24) is 0 Å². The Kier molecular flexibility index (Phi) is 8.13. The topological polar surface area (TPSA) is 162 Å². The highest BCUT2D eigenvalue weighted by Gasteiger charge is 2.33. The minimum atomic E-state index is -1.20. The molecule has 0 saturated heterocycles. The molecule has 0 aliphatic rings. The number of hydrogen-bond donors (Lipinski definition) is 3. The van der Waals surface area contributed by atoms with Gasteiger partial charge in [0.2, 0.25) is 5.75 Å². The largest absolute Gasteiger partial charge is 0.504 e. The second kappa shape index (κ2) is 11.7. The van der Waals surface area contributed by atoms with Gasteiger partial charge >= 0.3 is 11.9 Å². The van der Waals surface area contributed by atoms with Crippen molar-refractivity contribution < 1.29 is 48.3 Å². The Morgan fingerprint density at radius 2 is 1.57 bits per heavy atom. The zero-order valence-electron chi connectivity index (χ0n) is 21.8. The monoisotopic (exact) mass is 550 g/mol. The second-order valence-electron chi connectivity index (χ2n) is 8.58. The maximum absolute atomic E-state index is 13.2. The third-order valence-corrected chi connectivity index (χ3v) is 6.30. The van der Waals surface area contributed by atoms with Crippen LogP contribution in [0.15, 0.2) is 63.8 Å². The Morgan fingerprint density at radius 1 is 0.875 bits per heavy atom. The molecule has 1 atom stereocenters. The molecule has 11 nitrogen and oxygen atoms in total. The molecular weight excluding hydrogens is 524 g/mol. The molecular formula is C29H26O11. The molecule has 0 aliphatic carbocycles. The summed E-state index contributed by atoms with van der Waals surface area (Å²) in [6.07, 6.45) is -0.440. The van der Waals surface area contributed by atoms with E-state index in [1.807, 2.05) is 0 Å². The highest BCUT2D eigenvalue weighted by Crippen LogP contribution is 2.51. The van der Waals surface area contributed by atoms with Gasteiger partial charge in [-0.1, -0.05) is 42.5 Å². The van der Waals surface area contributed by atoms with Gasteiger partial charge in [-0.3, -0.25) is 9.59 Å². The molecule has 4 aromatic rings. The molecule has 0 aliphatic heterocycles. The number of para-hydroxylation sites is 1. The molecule has 0 spiro atoms. The molecule has 0 bridgehead atoms. The summed E-state index contributed by atoms with van der Waals surface area (Å²) in [5, 5.41) is 32.0. The van der Waals surface area contributed by atoms with Gasteiger partial charge in [0.1, 0.15) is 16.7 Å². The van der Waals surface area contributed by atoms with E-state index in [9.17, 15) is 29.7 Å². The Bertz CT molecular complexity index is 1620. The van der Waals surface area contributed by atoms with Gasteiger partial charge in [-0.25, -0.2) is 4.79 Å². The molecule has 3 N–H and O–H groups in total. The van der Waals surface area contributed by atoms with Crippen molar-refractivity contribution in [2.75, 3.05) is 27.9 Å². The Labute approximate surface area is 227 Å². The molecule has 0 saturated carbocycles. The SMILES string of the molecule is COC(=O)COc1c(OC)cccc1[C@@H](CC(=O)OC)c1c(O)c(O)c(O)c2c(=O)cc(-c3ccccc3)oc12. The third kappa shape index (κ3) is 5.21. The predicted molar refractivity (Wildman–Crippen MR) is 142 cm³/mol. The van der Waals surface area contributed by atoms with Gasteiger partial charge < -0.3 is 38.7 Å². The predicted octanol–water partition coefficient (Wildman–Crippen LogP) is 3.83. The van der Waals surface area contributed by atoms with Crippen molar-refractivity contribution >= 4 is 22.9 Å². The van der Waals surface area contributed by atoms with Crippen LogP contribution in [0.25, 0.3) is 22.3 Å². The molecule has 11 heteroatoms. The summed E-state index contributed by atoms with van der Waals surface area (Å²) in [6.45, 7) is -0.518. The average Bonchev–Trinajstić information content (AvgIpc) is 2.97. The quantitative estimate of drug-likeness (QED) is 0.205. The highest BCUT2D eigenvalue weighted by atomic mass is 16.6. The summed E-state index contributed by atoms with van der Waals surface area (Å²) in [5.74, 6) is -5.04. The fraction of sp³-hybridized carbons (Fsp3) is 0.207. The maximum atomic E-state index is 13.2. The van der Waals surface area contributed by atoms with E-state index in [-0.39, 0.29) is 34.0 Å². The second-order valence-corrected chi connectivity index (χ2v) is 8.58. The zero-order chi connectivity index (χ0) is 29.0. The van der Waals surface area contributed by atoms with Gasteiger partial charge in [0, 0.05) is 28.7 Å². The molecule has 0 fully saturated rings. The number of phenolic OH excluding ortho intramolecular Hbond substituents is 3. The Morgan fingerprint density at radius 3 is 2.23 bits per heavy atom. The molecule has 1 aromatic heterocycles. The van der Waals surface area contributed by atoms with Gasteiger partial charge in [-0.05, 0) is 6.07 Å². The third-order valence-electron chi connectivity index (χ3n) is 6.30. The van der Waals surface area contributed by atoms with Crippen LogP contribution >= 0.6 is 0 Å². The number of rotatable bonds is 9. The van der Waals surface area contributed by atoms with Gasteiger partial charge in [0.05, 0.1) is 27.8 Å². The number of carbonyl (C=O) groups is 2. The maximum Gasteiger partial charge on any atom is 0.343 e. The first-order chi connectivity index (χ1) is 19.2. The lowest BCUT2D eigenvalue weighted by Gasteiger charge is -2.24. The van der Waals surface area contributed by atoms with E-state index in [1.165, 1.54) is 27.4 Å². The van der Waals surface area contributed by atoms with Crippen LogP contribution in [0.4, 0.5) is 0 Å². The summed E-state index contributed by atoms with van der Waals surface area (Å²) in [5.41, 5.74) is -0.467. The van der Waals surface area contributed by atoms with Crippen molar-refractivity contribution in [3.8, 4) is 40.1 Å². The standard InChI is InChI=1S/C29H26O11/c1-36-19-11-7-10-16(28(19)39-14-22(32)38-3)17(12-21(31)37-2)23-25(33)27(35)26(34)24-18(30)13-20(40-29(23)24)15-8-5-4-6-9-15/h4-11,13,17,33-35H,12,14H2,1-3H3/t17-/m1/s1. The van der Waals surface area contributed by atoms with Crippen LogP contribution < -0.4 is 14.9 Å². The van der Waals surface area contributed by atoms with Crippen LogP contribution in [-0.4, -0.2) is 55.2 Å². The molecule has 1 heterocycles. The van der Waals surface area contributed by atoms with Gasteiger partial charge in [-0.2, -0.15) is 0 Å². The Hall–Kier alpha value is -5.19. The number of aromatic hydroxyl groups is 3. The van der Waals surface area contributed by atoms with Crippen molar-refractivity contribution in [2.45, 2.75) is 12.3 Å². The molecule has 0 amide bonds. The first kappa shape index (κ1) is 27.8. The summed E-state index contributed by atoms with van der Waals surface area (Å²) >= 11 is 0. The number of carbonyl (C=O) groups excluding carboxylic acids is 2. The van der Waals surface area contributed by atoms with Crippen molar-refractivity contribution in [1.29, 1.82) is 0 Å². The number of ether oxygens (including phenoxy) is 4. The summed E-state index contributed by atoms with van der Waals surface area (Å²) in [6, 6.07) is 14.4. The molecule has 3 aromatic carbocycles. The number of phenols is 3. The van der Waals surface area contributed by atoms with E-state index in [0.29, 0.717) is 5.56 Å². The number of fused-ring (bicyclic) bond motifs is 1. The first-order valence-corrected chi connectivity index (χ1v) is 11.9. The van der Waals surface area contributed by atoms with E-state index in [0.717, 1.165) is 6.07 Å². The fourth-order valence-electron chi connectivity index (χ4n) is 4.37. The normalized spacial score (nSPS) is 11.6. The van der Waals surface area contributed by atoms with Gasteiger partial charge in [-0.15, -0.1) is 0 Å². The number of methoxy groups -OCH3 is 3. The van der Waals surface area contributed by atoms with Crippen LogP contribution in [0, 0.1) is 0 Å². The smallest absolute Gasteiger partial charge is 0.343 e. The van der Waals surface area contributed by atoms with Crippen LogP contribution in [0.2, 0.25) is 0 Å². The molecule has 0 radical (unpaired) electrons. The molecule has 0 unspecified atom stereocenters. The Balaban J connectivity index is 2.08. The fourth-order valence-corrected chi connectivity index (χ4v) is 4.37. The lowest BCUT2D eigenvalue weighted by molar-refractivity contribution is -0.143. The van der Waals surface area contributed by atoms with E-state index in [4.69, 9.17) is 18.6 Å². The van der Waals surface area contributed by atoms with Gasteiger partial charge in [0.15, 0.2) is 35.0 Å². The van der Waals surface area contributed by atoms with Crippen LogP contribution in [0.3, 0.4) is 0 Å². The minimum absolute atomic E-state index is 0.0194. The van der Waals surface area contributed by atoms with E-state index in [2.05, 4.69) is 4.74 Å². The lowest BCUT2D eigenvalue weighted by Crippen LogP contribution is -2.17. The summed E-state index contributed by atoms with van der Waals surface area (Å²) in [4.78, 5) is 37.7. The van der Waals surface area contributed by atoms with E-state index >= 15 is 0 Å². The zero-order valence-corrected chi connectivity index (χ0v) is 21.8. The number of benzene rings is 3. The lowest BCUT2D eigenvalue weighted by atomic mass is 9.85. The summed E-state index contributed by atoms with van der Waals surface area (Å²) in [7, 11) is 3.72. The number of hydrogen-bond acceptors (Lipinski definition) is 11. The van der Waals surface area contributed by atoms with Crippen LogP contribution in [0.1, 0.15) is 23.5 Å². The van der Waals surface area contributed by atoms with E-state index in [1.54, 1.807) is 42.5 Å². The van der Waals surface area contributed by atoms with Crippen molar-refractivity contribution in [3.05, 3.63) is 75.9 Å². The minimum Gasteiger partial charge on any atom is -0.504 e. The molecule has 4 rings (SSSR count). The molecule has 40 heavy (non-hydrogen) atoms. The summed E-state index contributed by atoms with van der Waals surface area (Å²) < 4.78 is 26.7.